The number of piperidine rings is 1. The van der Waals surface area contributed by atoms with Crippen molar-refractivity contribution < 1.29 is 4.74 Å². The van der Waals surface area contributed by atoms with Gasteiger partial charge in [0, 0.05) is 93.5 Å². The molecule has 2 aromatic heterocycles. The standard InChI is InChI=1S/C37H50N10OS/c1-8-26-22-31(33(48-6)23-32(26)46-16-12-28(13-17-46)45-20-18-44(5)19-21-45)42-37-40-24-27(9-2)36(43-37)41-30-11-10-29-34(39-15-14-38-29)35(30)47(49-7)25(3)4/h9-11,14-15,22-25,28H,2,8,12-13,16-21H2,1,3-7H3,(H2,40,41,42,43). The van der Waals surface area contributed by atoms with Gasteiger partial charge in [-0.15, -0.1) is 0 Å². The molecule has 0 bridgehead atoms. The van der Waals surface area contributed by atoms with Gasteiger partial charge in [-0.1, -0.05) is 31.5 Å². The lowest BCUT2D eigenvalue weighted by Crippen LogP contribution is -2.52. The van der Waals surface area contributed by atoms with Crippen molar-refractivity contribution >= 4 is 63.6 Å². The number of fused-ring (bicyclic) bond motifs is 1. The van der Waals surface area contributed by atoms with Crippen LogP contribution in [0.15, 0.2) is 49.4 Å². The number of nitrogens with one attached hydrogen (secondary N) is 2. The molecule has 2 aliphatic heterocycles. The molecule has 260 valence electrons. The maximum absolute atomic E-state index is 5.95. The fourth-order valence-electron chi connectivity index (χ4n) is 6.97. The third-order valence-corrected chi connectivity index (χ3v) is 10.7. The predicted octanol–water partition coefficient (Wildman–Crippen LogP) is 6.83. The van der Waals surface area contributed by atoms with E-state index in [9.17, 15) is 0 Å². The molecule has 2 N–H and O–H groups in total. The maximum atomic E-state index is 5.95. The molecule has 11 nitrogen and oxygen atoms in total. The highest BCUT2D eigenvalue weighted by molar-refractivity contribution is 8.00. The topological polar surface area (TPSA) is 97.8 Å². The van der Waals surface area contributed by atoms with Gasteiger partial charge >= 0.3 is 0 Å². The van der Waals surface area contributed by atoms with Gasteiger partial charge in [-0.05, 0) is 63.9 Å². The monoisotopic (exact) mass is 682 g/mol. The summed E-state index contributed by atoms with van der Waals surface area (Å²) in [6, 6.07) is 9.27. The second-order valence-corrected chi connectivity index (χ2v) is 13.8. The SMILES string of the molecule is C=Cc1cnc(Nc2cc(CC)c(N3CCC(N4CCN(C)CC4)CC3)cc2OC)nc1Nc1ccc2nccnc2c1N(SC)C(C)C. The average molecular weight is 683 g/mol. The number of nitrogens with zero attached hydrogens (tertiary/aromatic N) is 8. The number of anilines is 6. The van der Waals surface area contributed by atoms with Gasteiger partial charge < -0.3 is 29.5 Å². The Balaban J connectivity index is 1.25. The number of hydrogen-bond donors (Lipinski definition) is 2. The van der Waals surface area contributed by atoms with Crippen molar-refractivity contribution in [3.05, 3.63) is 60.6 Å². The van der Waals surface area contributed by atoms with Crippen LogP contribution >= 0.6 is 11.9 Å². The van der Waals surface area contributed by atoms with Crippen LogP contribution in [-0.4, -0.2) is 102 Å². The van der Waals surface area contributed by atoms with Crippen LogP contribution in [0, 0.1) is 0 Å². The predicted molar refractivity (Wildman–Crippen MR) is 206 cm³/mol. The molecule has 2 aromatic carbocycles. The molecular formula is C37H50N10OS. The minimum atomic E-state index is 0.219. The Bertz CT molecular complexity index is 1750. The second kappa shape index (κ2) is 15.6. The van der Waals surface area contributed by atoms with Gasteiger partial charge in [0.25, 0.3) is 0 Å². The average Bonchev–Trinajstić information content (AvgIpc) is 3.13. The summed E-state index contributed by atoms with van der Waals surface area (Å²) in [5.41, 5.74) is 7.62. The van der Waals surface area contributed by atoms with E-state index in [-0.39, 0.29) is 6.04 Å². The van der Waals surface area contributed by atoms with Crippen LogP contribution in [0.4, 0.5) is 34.5 Å². The van der Waals surface area contributed by atoms with E-state index in [1.807, 2.05) is 12.1 Å². The molecule has 4 heterocycles. The number of benzene rings is 2. The van der Waals surface area contributed by atoms with Crippen molar-refractivity contribution in [2.24, 2.45) is 0 Å². The largest absolute Gasteiger partial charge is 0.494 e. The van der Waals surface area contributed by atoms with Crippen molar-refractivity contribution in [1.29, 1.82) is 0 Å². The van der Waals surface area contributed by atoms with E-state index in [2.05, 4.69) is 92.4 Å². The van der Waals surface area contributed by atoms with E-state index in [0.29, 0.717) is 17.8 Å². The normalized spacial score (nSPS) is 16.3. The molecule has 2 fully saturated rings. The zero-order valence-electron chi connectivity index (χ0n) is 29.7. The molecule has 0 amide bonds. The number of aromatic nitrogens is 4. The summed E-state index contributed by atoms with van der Waals surface area (Å²) < 4.78 is 8.19. The summed E-state index contributed by atoms with van der Waals surface area (Å²) in [7, 11) is 3.95. The van der Waals surface area contributed by atoms with Gasteiger partial charge in [0.05, 0.1) is 29.7 Å². The molecule has 49 heavy (non-hydrogen) atoms. The molecule has 0 spiro atoms. The van der Waals surface area contributed by atoms with Crippen LogP contribution in [0.25, 0.3) is 17.1 Å². The zero-order valence-corrected chi connectivity index (χ0v) is 30.6. The van der Waals surface area contributed by atoms with Crippen LogP contribution in [0.2, 0.25) is 0 Å². The van der Waals surface area contributed by atoms with E-state index >= 15 is 0 Å². The highest BCUT2D eigenvalue weighted by Crippen LogP contribution is 2.40. The lowest BCUT2D eigenvalue weighted by atomic mass is 9.99. The Morgan fingerprint density at radius 3 is 2.45 bits per heavy atom. The number of piperazine rings is 1. The smallest absolute Gasteiger partial charge is 0.229 e. The van der Waals surface area contributed by atoms with Crippen molar-refractivity contribution in [2.45, 2.75) is 52.1 Å². The van der Waals surface area contributed by atoms with Crippen molar-refractivity contribution in [2.75, 3.05) is 79.5 Å². The molecule has 2 saturated heterocycles. The molecule has 0 atom stereocenters. The van der Waals surface area contributed by atoms with E-state index in [1.165, 1.54) is 37.2 Å². The lowest BCUT2D eigenvalue weighted by Gasteiger charge is -2.43. The maximum Gasteiger partial charge on any atom is 0.229 e. The molecule has 4 aromatic rings. The summed E-state index contributed by atoms with van der Waals surface area (Å²) in [5.74, 6) is 1.86. The number of aryl methyl sites for hydroxylation is 1. The minimum Gasteiger partial charge on any atom is -0.494 e. The number of likely N-dealkylation sites (N-methyl/N-ethyl adjacent to an activating group) is 1. The third kappa shape index (κ3) is 7.56. The van der Waals surface area contributed by atoms with E-state index < -0.39 is 0 Å². The van der Waals surface area contributed by atoms with Crippen molar-refractivity contribution in [3.63, 3.8) is 0 Å². The summed E-state index contributed by atoms with van der Waals surface area (Å²) in [6.07, 6.45) is 12.3. The number of rotatable bonds is 12. The molecule has 2 aliphatic rings. The molecule has 0 radical (unpaired) electrons. The van der Waals surface area contributed by atoms with Crippen molar-refractivity contribution in [1.82, 2.24) is 29.7 Å². The number of ether oxygens (including phenoxy) is 1. The zero-order chi connectivity index (χ0) is 34.5. The van der Waals surface area contributed by atoms with Gasteiger partial charge in [0.2, 0.25) is 5.95 Å². The first-order chi connectivity index (χ1) is 23.8. The Labute approximate surface area is 295 Å². The number of hydrogen-bond acceptors (Lipinski definition) is 12. The Morgan fingerprint density at radius 2 is 1.78 bits per heavy atom. The molecule has 0 aliphatic carbocycles. The number of methoxy groups -OCH3 is 1. The van der Waals surface area contributed by atoms with Gasteiger partial charge in [-0.2, -0.15) is 4.98 Å². The fraction of sp³-hybridized carbons (Fsp3) is 0.459. The summed E-state index contributed by atoms with van der Waals surface area (Å²) in [4.78, 5) is 26.5. The lowest BCUT2D eigenvalue weighted by molar-refractivity contribution is 0.0982. The third-order valence-electron chi connectivity index (χ3n) is 9.68. The van der Waals surface area contributed by atoms with Gasteiger partial charge in [0.1, 0.15) is 17.1 Å². The van der Waals surface area contributed by atoms with Crippen LogP contribution in [0.1, 0.15) is 44.7 Å². The first kappa shape index (κ1) is 34.7. The van der Waals surface area contributed by atoms with Gasteiger partial charge in [-0.3, -0.25) is 14.9 Å². The summed E-state index contributed by atoms with van der Waals surface area (Å²) in [6.45, 7) is 17.4. The minimum absolute atomic E-state index is 0.219. The second-order valence-electron chi connectivity index (χ2n) is 13.0. The molecular weight excluding hydrogens is 633 g/mol. The first-order valence-corrected chi connectivity index (χ1v) is 18.5. The highest BCUT2D eigenvalue weighted by Gasteiger charge is 2.28. The Kier molecular flexibility index (Phi) is 11.1. The molecule has 12 heteroatoms. The van der Waals surface area contributed by atoms with E-state index in [4.69, 9.17) is 14.7 Å². The molecule has 6 rings (SSSR count). The molecule has 0 saturated carbocycles. The van der Waals surface area contributed by atoms with Gasteiger partial charge in [-0.25, -0.2) is 4.98 Å². The van der Waals surface area contributed by atoms with E-state index in [0.717, 1.165) is 72.0 Å². The van der Waals surface area contributed by atoms with Crippen LogP contribution in [-0.2, 0) is 6.42 Å². The quantitative estimate of drug-likeness (QED) is 0.153. The summed E-state index contributed by atoms with van der Waals surface area (Å²) >= 11 is 1.65. The van der Waals surface area contributed by atoms with Crippen LogP contribution in [0.5, 0.6) is 5.75 Å². The Morgan fingerprint density at radius 1 is 1.02 bits per heavy atom. The van der Waals surface area contributed by atoms with Gasteiger partial charge in [0.15, 0.2) is 0 Å². The first-order valence-electron chi connectivity index (χ1n) is 17.3. The molecule has 0 unspecified atom stereocenters. The van der Waals surface area contributed by atoms with E-state index in [1.54, 1.807) is 43.7 Å². The van der Waals surface area contributed by atoms with Crippen LogP contribution < -0.4 is 24.6 Å². The van der Waals surface area contributed by atoms with Crippen LogP contribution in [0.3, 0.4) is 0 Å². The fourth-order valence-corrected chi connectivity index (χ4v) is 7.76. The Hall–Kier alpha value is -4.13. The van der Waals surface area contributed by atoms with Crippen molar-refractivity contribution in [3.8, 4) is 5.75 Å². The summed E-state index contributed by atoms with van der Waals surface area (Å²) in [5, 5.41) is 7.05. The highest BCUT2D eigenvalue weighted by atomic mass is 32.2.